The van der Waals surface area contributed by atoms with Crippen molar-refractivity contribution in [2.45, 2.75) is 19.4 Å². The van der Waals surface area contributed by atoms with Crippen LogP contribution in [0.15, 0.2) is 71.2 Å². The molecule has 1 nitrogen and oxygen atoms in total. The van der Waals surface area contributed by atoms with Gasteiger partial charge in [-0.1, -0.05) is 71.4 Å². The zero-order valence-electron chi connectivity index (χ0n) is 12.0. The first-order chi connectivity index (χ1) is 10.3. The quantitative estimate of drug-likeness (QED) is 0.599. The largest absolute Gasteiger partial charge is 0.378 e. The fraction of sp³-hybridized carbons (Fsp3) is 0.158. The Bertz CT molecular complexity index is 746. The van der Waals surface area contributed by atoms with Crippen LogP contribution < -0.4 is 5.32 Å². The summed E-state index contributed by atoms with van der Waals surface area (Å²) >= 11 is 3.56. The van der Waals surface area contributed by atoms with Crippen molar-refractivity contribution in [2.24, 2.45) is 0 Å². The van der Waals surface area contributed by atoms with Gasteiger partial charge in [-0.25, -0.2) is 0 Å². The van der Waals surface area contributed by atoms with E-state index >= 15 is 0 Å². The maximum absolute atomic E-state index is 3.69. The average molecular weight is 340 g/mol. The molecule has 0 bridgehead atoms. The predicted molar refractivity (Wildman–Crippen MR) is 94.7 cm³/mol. The maximum atomic E-state index is 3.69. The lowest BCUT2D eigenvalue weighted by molar-refractivity contribution is 0.750. The molecule has 0 aliphatic heterocycles. The Morgan fingerprint density at radius 1 is 0.952 bits per heavy atom. The highest BCUT2D eigenvalue weighted by atomic mass is 79.9. The minimum Gasteiger partial charge on any atom is -0.378 e. The normalized spacial score (nSPS) is 12.3. The molecule has 0 heterocycles. The summed E-state index contributed by atoms with van der Waals surface area (Å²) in [7, 11) is 0. The first-order valence-electron chi connectivity index (χ1n) is 7.27. The Morgan fingerprint density at radius 2 is 1.71 bits per heavy atom. The Morgan fingerprint density at radius 3 is 2.52 bits per heavy atom. The molecule has 3 aromatic carbocycles. The second kappa shape index (κ2) is 6.31. The highest BCUT2D eigenvalue weighted by Gasteiger charge is 2.10. The van der Waals surface area contributed by atoms with Gasteiger partial charge in [0.2, 0.25) is 0 Å². The van der Waals surface area contributed by atoms with Crippen LogP contribution in [0.4, 0.5) is 5.69 Å². The van der Waals surface area contributed by atoms with E-state index in [0.717, 1.165) is 10.9 Å². The minimum absolute atomic E-state index is 0.313. The van der Waals surface area contributed by atoms with Gasteiger partial charge in [-0.15, -0.1) is 0 Å². The van der Waals surface area contributed by atoms with E-state index < -0.39 is 0 Å². The summed E-state index contributed by atoms with van der Waals surface area (Å²) in [6.07, 6.45) is 1.04. The van der Waals surface area contributed by atoms with Gasteiger partial charge in [0.15, 0.2) is 0 Å². The lowest BCUT2D eigenvalue weighted by Crippen LogP contribution is -2.09. The Labute approximate surface area is 134 Å². The molecule has 1 unspecified atom stereocenters. The lowest BCUT2D eigenvalue weighted by atomic mass is 10.0. The molecular formula is C19H18BrN. The molecule has 0 spiro atoms. The molecular weight excluding hydrogens is 322 g/mol. The molecule has 21 heavy (non-hydrogen) atoms. The van der Waals surface area contributed by atoms with Crippen LogP contribution in [-0.4, -0.2) is 0 Å². The second-order valence-electron chi connectivity index (χ2n) is 5.19. The van der Waals surface area contributed by atoms with E-state index in [9.17, 15) is 0 Å². The molecule has 1 N–H and O–H groups in total. The van der Waals surface area contributed by atoms with Crippen LogP contribution in [0.1, 0.15) is 24.9 Å². The smallest absolute Gasteiger partial charge is 0.0511 e. The minimum atomic E-state index is 0.313. The molecule has 0 fully saturated rings. The van der Waals surface area contributed by atoms with Crippen molar-refractivity contribution >= 4 is 32.4 Å². The number of fused-ring (bicyclic) bond motifs is 1. The third-order valence-electron chi connectivity index (χ3n) is 3.78. The van der Waals surface area contributed by atoms with Crippen LogP contribution in [0.3, 0.4) is 0 Å². The SMILES string of the molecule is CCC(Nc1cccc2ccccc12)c1cccc(Br)c1. The van der Waals surface area contributed by atoms with Crippen LogP contribution >= 0.6 is 15.9 Å². The van der Waals surface area contributed by atoms with Gasteiger partial charge in [0.25, 0.3) is 0 Å². The van der Waals surface area contributed by atoms with E-state index in [-0.39, 0.29) is 0 Å². The standard InChI is InChI=1S/C19H18BrN/c1-2-18(15-9-5-10-16(20)13-15)21-19-12-6-8-14-7-3-4-11-17(14)19/h3-13,18,21H,2H2,1H3. The van der Waals surface area contributed by atoms with E-state index in [4.69, 9.17) is 0 Å². The molecule has 3 rings (SSSR count). The van der Waals surface area contributed by atoms with Crippen molar-refractivity contribution in [1.29, 1.82) is 0 Å². The summed E-state index contributed by atoms with van der Waals surface area (Å²) in [5, 5.41) is 6.24. The monoisotopic (exact) mass is 339 g/mol. The highest BCUT2D eigenvalue weighted by molar-refractivity contribution is 9.10. The maximum Gasteiger partial charge on any atom is 0.0511 e. The zero-order valence-corrected chi connectivity index (χ0v) is 13.6. The Hall–Kier alpha value is -1.80. The van der Waals surface area contributed by atoms with E-state index in [1.54, 1.807) is 0 Å². The van der Waals surface area contributed by atoms with Crippen molar-refractivity contribution in [3.8, 4) is 0 Å². The van der Waals surface area contributed by atoms with Gasteiger partial charge in [0, 0.05) is 15.5 Å². The summed E-state index contributed by atoms with van der Waals surface area (Å²) in [4.78, 5) is 0. The van der Waals surface area contributed by atoms with Crippen LogP contribution in [0, 0.1) is 0 Å². The first-order valence-corrected chi connectivity index (χ1v) is 8.07. The van der Waals surface area contributed by atoms with E-state index in [1.165, 1.54) is 22.0 Å². The molecule has 0 aromatic heterocycles. The molecule has 0 amide bonds. The van der Waals surface area contributed by atoms with Gasteiger partial charge in [0.1, 0.15) is 0 Å². The van der Waals surface area contributed by atoms with Crippen LogP contribution in [-0.2, 0) is 0 Å². The fourth-order valence-electron chi connectivity index (χ4n) is 2.68. The number of hydrogen-bond acceptors (Lipinski definition) is 1. The van der Waals surface area contributed by atoms with Crippen molar-refractivity contribution in [1.82, 2.24) is 0 Å². The number of rotatable bonds is 4. The van der Waals surface area contributed by atoms with Gasteiger partial charge >= 0.3 is 0 Å². The molecule has 0 saturated carbocycles. The van der Waals surface area contributed by atoms with Gasteiger partial charge in [-0.05, 0) is 35.6 Å². The summed E-state index contributed by atoms with van der Waals surface area (Å²) < 4.78 is 1.12. The third-order valence-corrected chi connectivity index (χ3v) is 4.27. The molecule has 0 aliphatic carbocycles. The van der Waals surface area contributed by atoms with Gasteiger partial charge in [0.05, 0.1) is 6.04 Å². The van der Waals surface area contributed by atoms with E-state index in [2.05, 4.69) is 94.9 Å². The molecule has 3 aromatic rings. The highest BCUT2D eigenvalue weighted by Crippen LogP contribution is 2.29. The summed E-state index contributed by atoms with van der Waals surface area (Å²) in [5.74, 6) is 0. The van der Waals surface area contributed by atoms with Crippen molar-refractivity contribution in [3.63, 3.8) is 0 Å². The molecule has 106 valence electrons. The van der Waals surface area contributed by atoms with Crippen molar-refractivity contribution in [2.75, 3.05) is 5.32 Å². The number of hydrogen-bond donors (Lipinski definition) is 1. The molecule has 0 saturated heterocycles. The van der Waals surface area contributed by atoms with Crippen LogP contribution in [0.5, 0.6) is 0 Å². The lowest BCUT2D eigenvalue weighted by Gasteiger charge is -2.20. The number of anilines is 1. The Balaban J connectivity index is 1.96. The summed E-state index contributed by atoms with van der Waals surface area (Å²) in [6.45, 7) is 2.21. The number of nitrogens with one attached hydrogen (secondary N) is 1. The average Bonchev–Trinajstić information content (AvgIpc) is 2.52. The fourth-order valence-corrected chi connectivity index (χ4v) is 3.10. The number of benzene rings is 3. The van der Waals surface area contributed by atoms with Crippen LogP contribution in [0.2, 0.25) is 0 Å². The molecule has 2 heteroatoms. The first kappa shape index (κ1) is 14.2. The van der Waals surface area contributed by atoms with Crippen LogP contribution in [0.25, 0.3) is 10.8 Å². The molecule has 0 aliphatic rings. The molecule has 1 atom stereocenters. The third kappa shape index (κ3) is 3.11. The summed E-state index contributed by atoms with van der Waals surface area (Å²) in [6, 6.07) is 23.7. The van der Waals surface area contributed by atoms with Crippen molar-refractivity contribution in [3.05, 3.63) is 76.8 Å². The molecule has 0 radical (unpaired) electrons. The summed E-state index contributed by atoms with van der Waals surface area (Å²) in [5.41, 5.74) is 2.50. The topological polar surface area (TPSA) is 12.0 Å². The van der Waals surface area contributed by atoms with Crippen molar-refractivity contribution < 1.29 is 0 Å². The van der Waals surface area contributed by atoms with E-state index in [1.807, 2.05) is 0 Å². The van der Waals surface area contributed by atoms with Gasteiger partial charge in [-0.2, -0.15) is 0 Å². The van der Waals surface area contributed by atoms with Gasteiger partial charge < -0.3 is 5.32 Å². The number of halogens is 1. The zero-order chi connectivity index (χ0) is 14.7. The Kier molecular flexibility index (Phi) is 4.26. The van der Waals surface area contributed by atoms with E-state index in [0.29, 0.717) is 6.04 Å². The predicted octanol–water partition coefficient (Wildman–Crippen LogP) is 6.17. The second-order valence-corrected chi connectivity index (χ2v) is 6.10. The van der Waals surface area contributed by atoms with Gasteiger partial charge in [-0.3, -0.25) is 0 Å².